The third-order valence-corrected chi connectivity index (χ3v) is 5.28. The molecule has 1 aliphatic carbocycles. The van der Waals surface area contributed by atoms with Gasteiger partial charge in [0.2, 0.25) is 17.7 Å². The zero-order chi connectivity index (χ0) is 19.4. The fourth-order valence-corrected chi connectivity index (χ4v) is 3.91. The average Bonchev–Trinajstić information content (AvgIpc) is 2.90. The van der Waals surface area contributed by atoms with Crippen molar-refractivity contribution in [2.24, 2.45) is 11.8 Å². The van der Waals surface area contributed by atoms with E-state index in [1.807, 2.05) is 38.1 Å². The average molecular weight is 372 g/mol. The van der Waals surface area contributed by atoms with E-state index in [1.54, 1.807) is 0 Å². The number of nitrogens with zero attached hydrogens (tertiary/aromatic N) is 1. The van der Waals surface area contributed by atoms with Crippen molar-refractivity contribution in [3.05, 3.63) is 29.8 Å². The Labute approximate surface area is 160 Å². The minimum absolute atomic E-state index is 0.0850. The van der Waals surface area contributed by atoms with Crippen LogP contribution in [0.1, 0.15) is 51.5 Å². The molecule has 0 radical (unpaired) electrons. The predicted molar refractivity (Wildman–Crippen MR) is 101 cm³/mol. The SMILES string of the molecule is CC(C)Oc1ccc(CNC(=O)CCN2C(=O)C3CCCCC3C2=O)cc1. The molecule has 2 aliphatic rings. The zero-order valence-electron chi connectivity index (χ0n) is 16.1. The summed E-state index contributed by atoms with van der Waals surface area (Å²) in [6, 6.07) is 7.59. The monoisotopic (exact) mass is 372 g/mol. The number of ether oxygens (including phenoxy) is 1. The number of imide groups is 1. The van der Waals surface area contributed by atoms with Crippen LogP contribution < -0.4 is 10.1 Å². The Kier molecular flexibility index (Phi) is 6.14. The van der Waals surface area contributed by atoms with Gasteiger partial charge in [0, 0.05) is 19.5 Å². The van der Waals surface area contributed by atoms with Gasteiger partial charge in [-0.15, -0.1) is 0 Å². The molecule has 2 atom stereocenters. The van der Waals surface area contributed by atoms with Crippen LogP contribution in [-0.2, 0) is 20.9 Å². The molecule has 2 unspecified atom stereocenters. The lowest BCUT2D eigenvalue weighted by atomic mass is 9.81. The van der Waals surface area contributed by atoms with E-state index in [0.717, 1.165) is 37.0 Å². The maximum atomic E-state index is 12.4. The summed E-state index contributed by atoms with van der Waals surface area (Å²) in [4.78, 5) is 38.3. The van der Waals surface area contributed by atoms with Gasteiger partial charge in [0.1, 0.15) is 5.75 Å². The van der Waals surface area contributed by atoms with Crippen molar-refractivity contribution in [3.63, 3.8) is 0 Å². The second-order valence-corrected chi connectivity index (χ2v) is 7.66. The lowest BCUT2D eigenvalue weighted by Gasteiger charge is -2.19. The predicted octanol–water partition coefficient (Wildman–Crippen LogP) is 2.66. The molecule has 3 rings (SSSR count). The lowest BCUT2D eigenvalue weighted by molar-refractivity contribution is -0.140. The van der Waals surface area contributed by atoms with Crippen LogP contribution in [0.4, 0.5) is 0 Å². The van der Waals surface area contributed by atoms with Gasteiger partial charge >= 0.3 is 0 Å². The third-order valence-electron chi connectivity index (χ3n) is 5.28. The second kappa shape index (κ2) is 8.55. The molecule has 146 valence electrons. The van der Waals surface area contributed by atoms with E-state index in [4.69, 9.17) is 4.74 Å². The van der Waals surface area contributed by atoms with Crippen molar-refractivity contribution >= 4 is 17.7 Å². The van der Waals surface area contributed by atoms with E-state index in [0.29, 0.717) is 6.54 Å². The topological polar surface area (TPSA) is 75.7 Å². The van der Waals surface area contributed by atoms with Gasteiger partial charge in [0.15, 0.2) is 0 Å². The van der Waals surface area contributed by atoms with Crippen molar-refractivity contribution in [3.8, 4) is 5.75 Å². The molecule has 1 saturated heterocycles. The Hall–Kier alpha value is -2.37. The molecule has 1 heterocycles. The highest BCUT2D eigenvalue weighted by Gasteiger charge is 2.47. The molecule has 1 aromatic carbocycles. The van der Waals surface area contributed by atoms with Crippen LogP contribution >= 0.6 is 0 Å². The van der Waals surface area contributed by atoms with Gasteiger partial charge < -0.3 is 10.1 Å². The van der Waals surface area contributed by atoms with Gasteiger partial charge in [-0.25, -0.2) is 0 Å². The molecular weight excluding hydrogens is 344 g/mol. The largest absolute Gasteiger partial charge is 0.491 e. The first-order valence-corrected chi connectivity index (χ1v) is 9.83. The van der Waals surface area contributed by atoms with Gasteiger partial charge in [-0.05, 0) is 44.4 Å². The number of carbonyl (C=O) groups excluding carboxylic acids is 3. The van der Waals surface area contributed by atoms with Crippen LogP contribution in [0, 0.1) is 11.8 Å². The quantitative estimate of drug-likeness (QED) is 0.747. The maximum absolute atomic E-state index is 12.4. The molecule has 1 aromatic rings. The maximum Gasteiger partial charge on any atom is 0.233 e. The Morgan fingerprint density at radius 1 is 1.11 bits per heavy atom. The highest BCUT2D eigenvalue weighted by molar-refractivity contribution is 6.05. The number of likely N-dealkylation sites (tertiary alicyclic amines) is 1. The molecule has 1 saturated carbocycles. The lowest BCUT2D eigenvalue weighted by Crippen LogP contribution is -2.35. The summed E-state index contributed by atoms with van der Waals surface area (Å²) in [5, 5.41) is 2.85. The van der Waals surface area contributed by atoms with E-state index in [-0.39, 0.29) is 48.6 Å². The molecule has 6 nitrogen and oxygen atoms in total. The van der Waals surface area contributed by atoms with Gasteiger partial charge in [0.25, 0.3) is 0 Å². The number of nitrogens with one attached hydrogen (secondary N) is 1. The first kappa shape index (κ1) is 19.4. The number of hydrogen-bond donors (Lipinski definition) is 1. The van der Waals surface area contributed by atoms with Gasteiger partial charge in [-0.1, -0.05) is 25.0 Å². The van der Waals surface area contributed by atoms with Crippen molar-refractivity contribution in [1.29, 1.82) is 0 Å². The standard InChI is InChI=1S/C21H28N2O4/c1-14(2)27-16-9-7-15(8-10-16)13-22-19(24)11-12-23-20(25)17-5-3-4-6-18(17)21(23)26/h7-10,14,17-18H,3-6,11-13H2,1-2H3,(H,22,24). The van der Waals surface area contributed by atoms with Crippen molar-refractivity contribution < 1.29 is 19.1 Å². The Balaban J connectivity index is 1.44. The molecule has 6 heteroatoms. The summed E-state index contributed by atoms with van der Waals surface area (Å²) in [6.45, 7) is 4.53. The molecule has 1 aliphatic heterocycles. The number of rotatable bonds is 7. The van der Waals surface area contributed by atoms with E-state index in [1.165, 1.54) is 4.90 Å². The van der Waals surface area contributed by atoms with Crippen molar-refractivity contribution in [1.82, 2.24) is 10.2 Å². The zero-order valence-corrected chi connectivity index (χ0v) is 16.1. The number of amides is 3. The van der Waals surface area contributed by atoms with Crippen LogP contribution in [0.25, 0.3) is 0 Å². The summed E-state index contributed by atoms with van der Waals surface area (Å²) in [7, 11) is 0. The van der Waals surface area contributed by atoms with E-state index in [2.05, 4.69) is 5.32 Å². The van der Waals surface area contributed by atoms with Crippen LogP contribution in [0.2, 0.25) is 0 Å². The minimum Gasteiger partial charge on any atom is -0.491 e. The number of fused-ring (bicyclic) bond motifs is 1. The van der Waals surface area contributed by atoms with E-state index < -0.39 is 0 Å². The fourth-order valence-electron chi connectivity index (χ4n) is 3.91. The van der Waals surface area contributed by atoms with Crippen LogP contribution in [0.3, 0.4) is 0 Å². The van der Waals surface area contributed by atoms with Crippen LogP contribution in [-0.4, -0.2) is 35.3 Å². The summed E-state index contributed by atoms with van der Waals surface area (Å²) >= 11 is 0. The smallest absolute Gasteiger partial charge is 0.233 e. The second-order valence-electron chi connectivity index (χ2n) is 7.66. The molecule has 1 N–H and O–H groups in total. The Morgan fingerprint density at radius 3 is 2.26 bits per heavy atom. The van der Waals surface area contributed by atoms with Gasteiger partial charge in [-0.3, -0.25) is 19.3 Å². The highest BCUT2D eigenvalue weighted by Crippen LogP contribution is 2.37. The fraction of sp³-hybridized carbons (Fsp3) is 0.571. The summed E-state index contributed by atoms with van der Waals surface area (Å²) in [6.07, 6.45) is 3.88. The van der Waals surface area contributed by atoms with E-state index >= 15 is 0 Å². The minimum atomic E-state index is -0.159. The third kappa shape index (κ3) is 4.67. The summed E-state index contributed by atoms with van der Waals surface area (Å²) in [5.74, 6) is 0.166. The molecule has 0 spiro atoms. The molecule has 27 heavy (non-hydrogen) atoms. The first-order chi connectivity index (χ1) is 13.0. The van der Waals surface area contributed by atoms with Crippen LogP contribution in [0.5, 0.6) is 5.75 Å². The number of hydrogen-bond acceptors (Lipinski definition) is 4. The normalized spacial score (nSPS) is 22.1. The van der Waals surface area contributed by atoms with Gasteiger partial charge in [0.05, 0.1) is 17.9 Å². The van der Waals surface area contributed by atoms with Crippen molar-refractivity contribution in [2.75, 3.05) is 6.54 Å². The molecule has 2 fully saturated rings. The Morgan fingerprint density at radius 2 is 1.70 bits per heavy atom. The van der Waals surface area contributed by atoms with E-state index in [9.17, 15) is 14.4 Å². The summed E-state index contributed by atoms with van der Waals surface area (Å²) in [5.41, 5.74) is 0.971. The summed E-state index contributed by atoms with van der Waals surface area (Å²) < 4.78 is 5.59. The number of carbonyl (C=O) groups is 3. The first-order valence-electron chi connectivity index (χ1n) is 9.83. The molecule has 0 aromatic heterocycles. The molecule has 0 bridgehead atoms. The highest BCUT2D eigenvalue weighted by atomic mass is 16.5. The number of benzene rings is 1. The van der Waals surface area contributed by atoms with Gasteiger partial charge in [-0.2, -0.15) is 0 Å². The van der Waals surface area contributed by atoms with Crippen LogP contribution in [0.15, 0.2) is 24.3 Å². The molecular formula is C21H28N2O4. The Bertz CT molecular complexity index is 675. The molecule has 3 amide bonds. The van der Waals surface area contributed by atoms with Crippen molar-refractivity contribution in [2.45, 2.75) is 58.6 Å².